The van der Waals surface area contributed by atoms with Crippen molar-refractivity contribution in [1.82, 2.24) is 20.6 Å². The van der Waals surface area contributed by atoms with Crippen LogP contribution in [0.2, 0.25) is 0 Å². The number of ether oxygens (including phenoxy) is 1. The van der Waals surface area contributed by atoms with E-state index in [1.807, 2.05) is 20.8 Å². The first kappa shape index (κ1) is 13.7. The zero-order valence-corrected chi connectivity index (χ0v) is 11.5. The van der Waals surface area contributed by atoms with Gasteiger partial charge >= 0.3 is 6.09 Å². The van der Waals surface area contributed by atoms with Crippen LogP contribution >= 0.6 is 0 Å². The highest BCUT2D eigenvalue weighted by Gasteiger charge is 2.38. The molecule has 2 N–H and O–H groups in total. The number of hydrogen-bond donors (Lipinski definition) is 2. The molecule has 1 saturated carbocycles. The minimum atomic E-state index is -0.455. The van der Waals surface area contributed by atoms with Crippen molar-refractivity contribution in [2.45, 2.75) is 51.4 Å². The summed E-state index contributed by atoms with van der Waals surface area (Å²) in [6.07, 6.45) is 5.63. The fourth-order valence-electron chi connectivity index (χ4n) is 1.71. The summed E-state index contributed by atoms with van der Waals surface area (Å²) >= 11 is 0. The summed E-state index contributed by atoms with van der Waals surface area (Å²) in [5, 5.41) is 6.18. The van der Waals surface area contributed by atoms with Crippen LogP contribution in [0.3, 0.4) is 0 Å². The molecule has 1 fully saturated rings. The van der Waals surface area contributed by atoms with Gasteiger partial charge in [-0.15, -0.1) is 0 Å². The van der Waals surface area contributed by atoms with Crippen molar-refractivity contribution >= 4 is 6.09 Å². The number of carbonyl (C=O) groups is 1. The zero-order chi connectivity index (χ0) is 13.9. The molecule has 0 aliphatic heterocycles. The van der Waals surface area contributed by atoms with Crippen LogP contribution in [0.25, 0.3) is 0 Å². The molecule has 6 nitrogen and oxygen atoms in total. The highest BCUT2D eigenvalue weighted by molar-refractivity contribution is 5.68. The summed E-state index contributed by atoms with van der Waals surface area (Å²) in [7, 11) is 0. The lowest BCUT2D eigenvalue weighted by atomic mass is 10.2. The number of nitrogens with zero attached hydrogens (tertiary/aromatic N) is 2. The lowest BCUT2D eigenvalue weighted by Gasteiger charge is -2.19. The van der Waals surface area contributed by atoms with E-state index in [-0.39, 0.29) is 12.1 Å². The maximum atomic E-state index is 11.5. The molecule has 1 aliphatic carbocycles. The Morgan fingerprint density at radius 3 is 2.68 bits per heavy atom. The van der Waals surface area contributed by atoms with Crippen LogP contribution < -0.4 is 10.6 Å². The monoisotopic (exact) mass is 264 g/mol. The van der Waals surface area contributed by atoms with E-state index in [4.69, 9.17) is 4.74 Å². The quantitative estimate of drug-likeness (QED) is 0.855. The average molecular weight is 264 g/mol. The van der Waals surface area contributed by atoms with Gasteiger partial charge < -0.3 is 15.4 Å². The second-order valence-electron chi connectivity index (χ2n) is 5.72. The van der Waals surface area contributed by atoms with Gasteiger partial charge in [0.2, 0.25) is 0 Å². The van der Waals surface area contributed by atoms with Crippen molar-refractivity contribution in [2.75, 3.05) is 0 Å². The highest BCUT2D eigenvalue weighted by atomic mass is 16.6. The number of carbonyl (C=O) groups excluding carboxylic acids is 1. The molecule has 0 bridgehead atoms. The molecule has 19 heavy (non-hydrogen) atoms. The maximum absolute atomic E-state index is 11.5. The summed E-state index contributed by atoms with van der Waals surface area (Å²) in [5.41, 5.74) is 0.578. The molecule has 1 aliphatic rings. The van der Waals surface area contributed by atoms with E-state index >= 15 is 0 Å². The van der Waals surface area contributed by atoms with Gasteiger partial charge in [0.1, 0.15) is 11.9 Å². The van der Waals surface area contributed by atoms with Crippen LogP contribution in [0.5, 0.6) is 0 Å². The Labute approximate surface area is 113 Å². The number of hydrogen-bond acceptors (Lipinski definition) is 5. The zero-order valence-electron chi connectivity index (χ0n) is 11.5. The standard InChI is InChI=1S/C13H20N4O2/c1-13(2,3)19-12(18)17-11-4-10(11)16-7-9-5-14-8-15-6-9/h5-6,8,10-11,16H,4,7H2,1-3H3,(H,17,18). The predicted molar refractivity (Wildman–Crippen MR) is 70.4 cm³/mol. The van der Waals surface area contributed by atoms with Crippen molar-refractivity contribution in [3.8, 4) is 0 Å². The number of aromatic nitrogens is 2. The molecule has 1 aromatic rings. The summed E-state index contributed by atoms with van der Waals surface area (Å²) in [5.74, 6) is 0. The fraction of sp³-hybridized carbons (Fsp3) is 0.615. The van der Waals surface area contributed by atoms with E-state index in [0.29, 0.717) is 12.6 Å². The molecule has 0 radical (unpaired) electrons. The second kappa shape index (κ2) is 5.52. The molecular weight excluding hydrogens is 244 g/mol. The first-order chi connectivity index (χ1) is 8.94. The molecule has 104 valence electrons. The van der Waals surface area contributed by atoms with Gasteiger partial charge in [-0.1, -0.05) is 0 Å². The van der Waals surface area contributed by atoms with E-state index in [9.17, 15) is 4.79 Å². The third-order valence-electron chi connectivity index (χ3n) is 2.67. The topological polar surface area (TPSA) is 76.1 Å². The average Bonchev–Trinajstić information content (AvgIpc) is 3.03. The Hall–Kier alpha value is -1.69. The van der Waals surface area contributed by atoms with E-state index in [1.165, 1.54) is 6.33 Å². The summed E-state index contributed by atoms with van der Waals surface area (Å²) in [6, 6.07) is 0.451. The van der Waals surface area contributed by atoms with Crippen molar-refractivity contribution in [1.29, 1.82) is 0 Å². The van der Waals surface area contributed by atoms with Crippen molar-refractivity contribution in [3.05, 3.63) is 24.3 Å². The Bertz CT molecular complexity index is 430. The fourth-order valence-corrected chi connectivity index (χ4v) is 1.71. The molecule has 2 rings (SSSR count). The molecule has 2 atom stereocenters. The Morgan fingerprint density at radius 1 is 1.37 bits per heavy atom. The van der Waals surface area contributed by atoms with Crippen LogP contribution in [-0.4, -0.2) is 33.7 Å². The van der Waals surface area contributed by atoms with Crippen LogP contribution in [-0.2, 0) is 11.3 Å². The molecule has 1 amide bonds. The third-order valence-corrected chi connectivity index (χ3v) is 2.67. The van der Waals surface area contributed by atoms with E-state index in [2.05, 4.69) is 20.6 Å². The van der Waals surface area contributed by atoms with E-state index in [1.54, 1.807) is 12.4 Å². The lowest BCUT2D eigenvalue weighted by molar-refractivity contribution is 0.0522. The van der Waals surface area contributed by atoms with Gasteiger partial charge in [-0.2, -0.15) is 0 Å². The maximum Gasteiger partial charge on any atom is 0.407 e. The summed E-state index contributed by atoms with van der Waals surface area (Å²) in [4.78, 5) is 19.4. The minimum absolute atomic E-state index is 0.152. The summed E-state index contributed by atoms with van der Waals surface area (Å²) < 4.78 is 5.20. The van der Waals surface area contributed by atoms with Gasteiger partial charge in [0.25, 0.3) is 0 Å². The van der Waals surface area contributed by atoms with Gasteiger partial charge in [0, 0.05) is 36.6 Å². The van der Waals surface area contributed by atoms with E-state index in [0.717, 1.165) is 12.0 Å². The predicted octanol–water partition coefficient (Wildman–Crippen LogP) is 1.23. The number of rotatable bonds is 4. The molecule has 1 heterocycles. The van der Waals surface area contributed by atoms with Gasteiger partial charge in [-0.3, -0.25) is 0 Å². The lowest BCUT2D eigenvalue weighted by Crippen LogP contribution is -2.36. The van der Waals surface area contributed by atoms with Crippen LogP contribution in [0, 0.1) is 0 Å². The number of amides is 1. The highest BCUT2D eigenvalue weighted by Crippen LogP contribution is 2.22. The van der Waals surface area contributed by atoms with Crippen molar-refractivity contribution in [3.63, 3.8) is 0 Å². The molecule has 0 spiro atoms. The van der Waals surface area contributed by atoms with Gasteiger partial charge in [0.05, 0.1) is 0 Å². The van der Waals surface area contributed by atoms with Gasteiger partial charge in [-0.25, -0.2) is 14.8 Å². The molecule has 6 heteroatoms. The number of alkyl carbamates (subject to hydrolysis) is 1. The normalized spacial score (nSPS) is 21.8. The summed E-state index contributed by atoms with van der Waals surface area (Å²) in [6.45, 7) is 6.26. The van der Waals surface area contributed by atoms with E-state index < -0.39 is 5.60 Å². The van der Waals surface area contributed by atoms with Crippen molar-refractivity contribution < 1.29 is 9.53 Å². The smallest absolute Gasteiger partial charge is 0.407 e. The Morgan fingerprint density at radius 2 is 2.05 bits per heavy atom. The molecular formula is C13H20N4O2. The van der Waals surface area contributed by atoms with Gasteiger partial charge in [-0.05, 0) is 27.2 Å². The Balaban J connectivity index is 1.66. The van der Waals surface area contributed by atoms with Crippen molar-refractivity contribution in [2.24, 2.45) is 0 Å². The first-order valence-corrected chi connectivity index (χ1v) is 6.41. The SMILES string of the molecule is CC(C)(C)OC(=O)NC1CC1NCc1cncnc1. The largest absolute Gasteiger partial charge is 0.444 e. The minimum Gasteiger partial charge on any atom is -0.444 e. The molecule has 0 aromatic carbocycles. The third kappa shape index (κ3) is 4.82. The molecule has 2 unspecified atom stereocenters. The Kier molecular flexibility index (Phi) is 3.99. The van der Waals surface area contributed by atoms with Crippen LogP contribution in [0.4, 0.5) is 4.79 Å². The molecule has 0 saturated heterocycles. The second-order valence-corrected chi connectivity index (χ2v) is 5.72. The molecule has 1 aromatic heterocycles. The first-order valence-electron chi connectivity index (χ1n) is 6.41. The van der Waals surface area contributed by atoms with Gasteiger partial charge in [0.15, 0.2) is 0 Å². The van der Waals surface area contributed by atoms with Crippen LogP contribution in [0.15, 0.2) is 18.7 Å². The number of nitrogens with one attached hydrogen (secondary N) is 2. The van der Waals surface area contributed by atoms with Crippen LogP contribution in [0.1, 0.15) is 32.8 Å².